The van der Waals surface area contributed by atoms with Gasteiger partial charge in [-0.2, -0.15) is 0 Å². The molecule has 182 valence electrons. The molecule has 4 rings (SSSR count). The number of carbonyl (C=O) groups is 2. The molecule has 1 N–H and O–H groups in total. The van der Waals surface area contributed by atoms with Crippen molar-refractivity contribution >= 4 is 23.3 Å². The zero-order chi connectivity index (χ0) is 23.9. The van der Waals surface area contributed by atoms with Crippen LogP contribution < -0.4 is 10.2 Å². The molecule has 2 aliphatic rings. The molecule has 2 heterocycles. The van der Waals surface area contributed by atoms with E-state index in [-0.39, 0.29) is 23.7 Å². The zero-order valence-corrected chi connectivity index (χ0v) is 20.6. The van der Waals surface area contributed by atoms with Crippen molar-refractivity contribution in [2.75, 3.05) is 36.4 Å². The Balaban J connectivity index is 1.39. The summed E-state index contributed by atoms with van der Waals surface area (Å²) in [5.74, 6) is 1.67. The van der Waals surface area contributed by atoms with Crippen molar-refractivity contribution in [3.8, 4) is 0 Å². The van der Waals surface area contributed by atoms with Gasteiger partial charge in [0.05, 0.1) is 17.8 Å². The highest BCUT2D eigenvalue weighted by Gasteiger charge is 2.34. The fraction of sp³-hybridized carbons (Fsp3) is 0.536. The van der Waals surface area contributed by atoms with Crippen LogP contribution in [0.25, 0.3) is 0 Å². The van der Waals surface area contributed by atoms with Crippen LogP contribution in [0.3, 0.4) is 0 Å². The second-order valence-corrected chi connectivity index (χ2v) is 9.60. The number of aromatic nitrogens is 1. The molecule has 1 aliphatic carbocycles. The molecular weight excluding hydrogens is 424 g/mol. The smallest absolute Gasteiger partial charge is 0.230 e. The average Bonchev–Trinajstić information content (AvgIpc) is 3.42. The van der Waals surface area contributed by atoms with Crippen LogP contribution >= 0.6 is 0 Å². The minimum atomic E-state index is -0.0932. The Morgan fingerprint density at radius 3 is 2.26 bits per heavy atom. The first-order valence-corrected chi connectivity index (χ1v) is 13.0. The molecular formula is C28H38N4O2. The summed E-state index contributed by atoms with van der Waals surface area (Å²) in [5.41, 5.74) is 1.89. The number of hydrogen-bond donors (Lipinski definition) is 1. The third-order valence-corrected chi connectivity index (χ3v) is 7.58. The van der Waals surface area contributed by atoms with Crippen molar-refractivity contribution in [3.05, 3.63) is 54.2 Å². The van der Waals surface area contributed by atoms with Gasteiger partial charge in [-0.1, -0.05) is 43.2 Å². The van der Waals surface area contributed by atoms with Gasteiger partial charge < -0.3 is 15.1 Å². The minimum absolute atomic E-state index is 0.0932. The van der Waals surface area contributed by atoms with E-state index in [2.05, 4.69) is 41.2 Å². The first-order chi connectivity index (χ1) is 16.6. The van der Waals surface area contributed by atoms with Crippen molar-refractivity contribution < 1.29 is 9.59 Å². The Hall–Kier alpha value is -2.89. The van der Waals surface area contributed by atoms with Crippen LogP contribution in [-0.2, 0) is 9.59 Å². The van der Waals surface area contributed by atoms with Crippen LogP contribution in [0.15, 0.2) is 48.7 Å². The number of piperidine rings is 1. The summed E-state index contributed by atoms with van der Waals surface area (Å²) in [6.07, 6.45) is 7.96. The molecule has 6 nitrogen and oxygen atoms in total. The Morgan fingerprint density at radius 2 is 1.68 bits per heavy atom. The number of likely N-dealkylation sites (N-methyl/N-ethyl adjacent to an activating group) is 1. The molecule has 2 fully saturated rings. The lowest BCUT2D eigenvalue weighted by molar-refractivity contribution is -0.134. The summed E-state index contributed by atoms with van der Waals surface area (Å²) < 4.78 is 0. The highest BCUT2D eigenvalue weighted by molar-refractivity contribution is 5.92. The van der Waals surface area contributed by atoms with Crippen molar-refractivity contribution in [1.29, 1.82) is 0 Å². The third-order valence-electron chi connectivity index (χ3n) is 7.58. The van der Waals surface area contributed by atoms with Crippen LogP contribution in [0.2, 0.25) is 0 Å². The summed E-state index contributed by atoms with van der Waals surface area (Å²) >= 11 is 0. The van der Waals surface area contributed by atoms with Crippen molar-refractivity contribution in [3.63, 3.8) is 0 Å². The molecule has 1 aliphatic heterocycles. The summed E-state index contributed by atoms with van der Waals surface area (Å²) in [4.78, 5) is 34.7. The fourth-order valence-electron chi connectivity index (χ4n) is 5.55. The minimum Gasteiger partial charge on any atom is -0.357 e. The second kappa shape index (κ2) is 11.5. The number of nitrogens with one attached hydrogen (secondary N) is 1. The molecule has 1 unspecified atom stereocenters. The number of pyridine rings is 1. The SMILES string of the molecule is CCN(CC)C(=O)C(c1ccccc1)C1CCN(c2ccc(NC(=O)C3CCCC3)cn2)CC1. The molecule has 2 amide bonds. The standard InChI is InChI=1S/C28H38N4O2/c1-3-31(4-2)28(34)26(21-10-6-5-7-11-21)22-16-18-32(19-17-22)25-15-14-24(20-29-25)30-27(33)23-12-8-9-13-23/h5-7,10-11,14-15,20,22-23,26H,3-4,8-9,12-13,16-19H2,1-2H3,(H,30,33). The lowest BCUT2D eigenvalue weighted by Crippen LogP contribution is -2.42. The number of rotatable bonds is 8. The summed E-state index contributed by atoms with van der Waals surface area (Å²) in [6.45, 7) is 7.34. The van der Waals surface area contributed by atoms with Crippen LogP contribution in [0, 0.1) is 11.8 Å². The van der Waals surface area contributed by atoms with Gasteiger partial charge in [-0.15, -0.1) is 0 Å². The van der Waals surface area contributed by atoms with E-state index in [1.165, 1.54) is 0 Å². The maximum absolute atomic E-state index is 13.4. The molecule has 1 saturated heterocycles. The van der Waals surface area contributed by atoms with E-state index in [4.69, 9.17) is 0 Å². The van der Waals surface area contributed by atoms with Crippen LogP contribution in [0.1, 0.15) is 63.9 Å². The van der Waals surface area contributed by atoms with Gasteiger partial charge in [0.1, 0.15) is 5.82 Å². The van der Waals surface area contributed by atoms with E-state index in [9.17, 15) is 9.59 Å². The lowest BCUT2D eigenvalue weighted by Gasteiger charge is -2.38. The Bertz CT molecular complexity index is 929. The number of nitrogens with zero attached hydrogens (tertiary/aromatic N) is 3. The van der Waals surface area contributed by atoms with Crippen LogP contribution in [0.4, 0.5) is 11.5 Å². The molecule has 1 aromatic carbocycles. The quantitative estimate of drug-likeness (QED) is 0.594. The summed E-state index contributed by atoms with van der Waals surface area (Å²) in [7, 11) is 0. The van der Waals surface area contributed by atoms with Gasteiger partial charge >= 0.3 is 0 Å². The first kappa shape index (κ1) is 24.2. The molecule has 0 spiro atoms. The predicted octanol–water partition coefficient (Wildman–Crippen LogP) is 5.08. The van der Waals surface area contributed by atoms with Crippen LogP contribution in [-0.4, -0.2) is 47.9 Å². The first-order valence-electron chi connectivity index (χ1n) is 13.0. The number of benzene rings is 1. The van der Waals surface area contributed by atoms with E-state index in [0.717, 1.165) is 81.8 Å². The molecule has 1 aromatic heterocycles. The highest BCUT2D eigenvalue weighted by atomic mass is 16.2. The highest BCUT2D eigenvalue weighted by Crippen LogP contribution is 2.35. The van der Waals surface area contributed by atoms with Gasteiger partial charge in [-0.05, 0) is 63.1 Å². The predicted molar refractivity (Wildman–Crippen MR) is 137 cm³/mol. The average molecular weight is 463 g/mol. The van der Waals surface area contributed by atoms with E-state index >= 15 is 0 Å². The van der Waals surface area contributed by atoms with E-state index < -0.39 is 0 Å². The number of carbonyl (C=O) groups excluding carboxylic acids is 2. The van der Waals surface area contributed by atoms with Gasteiger partial charge in [0.25, 0.3) is 0 Å². The molecule has 0 radical (unpaired) electrons. The van der Waals surface area contributed by atoms with E-state index in [1.54, 1.807) is 6.20 Å². The lowest BCUT2D eigenvalue weighted by atomic mass is 9.79. The van der Waals surface area contributed by atoms with Crippen LogP contribution in [0.5, 0.6) is 0 Å². The Kier molecular flexibility index (Phi) is 8.20. The molecule has 2 aromatic rings. The second-order valence-electron chi connectivity index (χ2n) is 9.60. The number of hydrogen-bond acceptors (Lipinski definition) is 4. The van der Waals surface area contributed by atoms with Gasteiger partial charge in [0, 0.05) is 32.1 Å². The van der Waals surface area contributed by atoms with Gasteiger partial charge in [-0.25, -0.2) is 4.98 Å². The van der Waals surface area contributed by atoms with Gasteiger partial charge in [0.2, 0.25) is 11.8 Å². The fourth-order valence-corrected chi connectivity index (χ4v) is 5.55. The molecule has 34 heavy (non-hydrogen) atoms. The maximum Gasteiger partial charge on any atom is 0.230 e. The maximum atomic E-state index is 13.4. The van der Waals surface area contributed by atoms with Gasteiger partial charge in [0.15, 0.2) is 0 Å². The van der Waals surface area contributed by atoms with E-state index in [1.807, 2.05) is 35.2 Å². The monoisotopic (exact) mass is 462 g/mol. The van der Waals surface area contributed by atoms with Gasteiger partial charge in [-0.3, -0.25) is 9.59 Å². The van der Waals surface area contributed by atoms with Crippen molar-refractivity contribution in [1.82, 2.24) is 9.88 Å². The normalized spacial score (nSPS) is 18.0. The third kappa shape index (κ3) is 5.60. The zero-order valence-electron chi connectivity index (χ0n) is 20.6. The largest absolute Gasteiger partial charge is 0.357 e. The Morgan fingerprint density at radius 1 is 1.00 bits per heavy atom. The summed E-state index contributed by atoms with van der Waals surface area (Å²) in [5, 5.41) is 3.03. The Labute approximate surface area is 203 Å². The molecule has 6 heteroatoms. The number of anilines is 2. The van der Waals surface area contributed by atoms with Crippen molar-refractivity contribution in [2.24, 2.45) is 11.8 Å². The molecule has 1 saturated carbocycles. The molecule has 1 atom stereocenters. The number of amides is 2. The van der Waals surface area contributed by atoms with E-state index in [0.29, 0.717) is 5.92 Å². The topological polar surface area (TPSA) is 65.5 Å². The summed E-state index contributed by atoms with van der Waals surface area (Å²) in [6, 6.07) is 14.2. The van der Waals surface area contributed by atoms with Crippen molar-refractivity contribution in [2.45, 2.75) is 58.3 Å². The molecule has 0 bridgehead atoms.